The molecule has 0 aliphatic carbocycles. The quantitative estimate of drug-likeness (QED) is 0.375. The van der Waals surface area contributed by atoms with E-state index in [1.54, 1.807) is 24.3 Å². The Morgan fingerprint density at radius 3 is 2.77 bits per heavy atom. The number of nitrogens with one attached hydrogen (secondary N) is 2. The lowest BCUT2D eigenvalue weighted by atomic mass is 10.2. The Morgan fingerprint density at radius 2 is 2.14 bits per heavy atom. The molecule has 0 saturated carbocycles. The van der Waals surface area contributed by atoms with Crippen molar-refractivity contribution in [3.8, 4) is 5.75 Å². The number of ether oxygens (including phenoxy) is 1. The van der Waals surface area contributed by atoms with Gasteiger partial charge < -0.3 is 15.8 Å². The molecule has 1 aromatic rings. The average Bonchev–Trinajstić information content (AvgIpc) is 2.40. The van der Waals surface area contributed by atoms with Crippen molar-refractivity contribution in [2.45, 2.75) is 13.8 Å². The van der Waals surface area contributed by atoms with Gasteiger partial charge in [0.1, 0.15) is 12.4 Å². The average molecular weight is 328 g/mol. The maximum Gasteiger partial charge on any atom is 0.229 e. The molecule has 22 heavy (non-hydrogen) atoms. The SMILES string of the molecule is CC(C)CN=C(N)NCCOc1cccc(NS(C)(=O)=O)c1. The molecule has 0 amide bonds. The maximum atomic E-state index is 11.2. The van der Waals surface area contributed by atoms with Gasteiger partial charge in [0.05, 0.1) is 18.5 Å². The Kier molecular flexibility index (Phi) is 6.97. The molecule has 0 radical (unpaired) electrons. The molecule has 0 unspecified atom stereocenters. The fraction of sp³-hybridized carbons (Fsp3) is 0.500. The standard InChI is InChI=1S/C14H24N4O3S/c1-11(2)10-17-14(15)16-7-8-21-13-6-4-5-12(9-13)18-22(3,19)20/h4-6,9,11,18H,7-8,10H2,1-3H3,(H3,15,16,17). The number of nitrogens with two attached hydrogens (primary N) is 1. The zero-order valence-electron chi connectivity index (χ0n) is 13.2. The summed E-state index contributed by atoms with van der Waals surface area (Å²) < 4.78 is 30.3. The molecular formula is C14H24N4O3S. The van der Waals surface area contributed by atoms with Gasteiger partial charge in [0, 0.05) is 12.6 Å². The second-order valence-electron chi connectivity index (χ2n) is 5.30. The summed E-state index contributed by atoms with van der Waals surface area (Å²) in [5.74, 6) is 1.43. The van der Waals surface area contributed by atoms with Crippen molar-refractivity contribution < 1.29 is 13.2 Å². The molecule has 1 aromatic carbocycles. The van der Waals surface area contributed by atoms with Gasteiger partial charge in [-0.1, -0.05) is 19.9 Å². The first-order valence-corrected chi connectivity index (χ1v) is 8.90. The van der Waals surface area contributed by atoms with Gasteiger partial charge in [-0.3, -0.25) is 9.71 Å². The van der Waals surface area contributed by atoms with Crippen LogP contribution in [-0.4, -0.2) is 40.3 Å². The van der Waals surface area contributed by atoms with Crippen molar-refractivity contribution in [2.75, 3.05) is 30.7 Å². The van der Waals surface area contributed by atoms with E-state index in [1.165, 1.54) is 0 Å². The molecule has 0 fully saturated rings. The molecular weight excluding hydrogens is 304 g/mol. The Balaban J connectivity index is 2.39. The Hall–Kier alpha value is -1.96. The second-order valence-corrected chi connectivity index (χ2v) is 7.05. The third-order valence-electron chi connectivity index (χ3n) is 2.44. The van der Waals surface area contributed by atoms with Crippen LogP contribution in [-0.2, 0) is 10.0 Å². The number of nitrogens with zero attached hydrogens (tertiary/aromatic N) is 1. The molecule has 4 N–H and O–H groups in total. The molecule has 0 heterocycles. The molecule has 0 spiro atoms. The van der Waals surface area contributed by atoms with Crippen molar-refractivity contribution in [3.05, 3.63) is 24.3 Å². The number of hydrogen-bond donors (Lipinski definition) is 3. The zero-order chi connectivity index (χ0) is 16.6. The third-order valence-corrected chi connectivity index (χ3v) is 3.05. The second kappa shape index (κ2) is 8.47. The van der Waals surface area contributed by atoms with E-state index in [1.807, 2.05) is 0 Å². The molecule has 0 aromatic heterocycles. The Morgan fingerprint density at radius 1 is 1.41 bits per heavy atom. The summed E-state index contributed by atoms with van der Waals surface area (Å²) in [5.41, 5.74) is 6.17. The number of hydrogen-bond acceptors (Lipinski definition) is 4. The Labute approximate surface area is 132 Å². The predicted molar refractivity (Wildman–Crippen MR) is 89.7 cm³/mol. The van der Waals surface area contributed by atoms with Gasteiger partial charge in [-0.25, -0.2) is 8.42 Å². The van der Waals surface area contributed by atoms with Gasteiger partial charge in [-0.2, -0.15) is 0 Å². The van der Waals surface area contributed by atoms with Gasteiger partial charge in [0.25, 0.3) is 0 Å². The van der Waals surface area contributed by atoms with E-state index in [9.17, 15) is 8.42 Å². The fourth-order valence-electron chi connectivity index (χ4n) is 1.55. The van der Waals surface area contributed by atoms with E-state index in [-0.39, 0.29) is 0 Å². The summed E-state index contributed by atoms with van der Waals surface area (Å²) in [4.78, 5) is 4.17. The van der Waals surface area contributed by atoms with Crippen LogP contribution >= 0.6 is 0 Å². The smallest absolute Gasteiger partial charge is 0.229 e. The highest BCUT2D eigenvalue weighted by Crippen LogP contribution is 2.17. The monoisotopic (exact) mass is 328 g/mol. The van der Waals surface area contributed by atoms with Crippen LogP contribution in [0.3, 0.4) is 0 Å². The van der Waals surface area contributed by atoms with E-state index in [0.29, 0.717) is 43.0 Å². The number of rotatable bonds is 8. The first-order valence-electron chi connectivity index (χ1n) is 7.00. The lowest BCUT2D eigenvalue weighted by Crippen LogP contribution is -2.35. The lowest BCUT2D eigenvalue weighted by Gasteiger charge is -2.10. The summed E-state index contributed by atoms with van der Waals surface area (Å²) in [6.07, 6.45) is 1.10. The van der Waals surface area contributed by atoms with Crippen LogP contribution in [0.15, 0.2) is 29.3 Å². The zero-order valence-corrected chi connectivity index (χ0v) is 14.0. The van der Waals surface area contributed by atoms with Crippen LogP contribution in [0.4, 0.5) is 5.69 Å². The number of sulfonamides is 1. The highest BCUT2D eigenvalue weighted by Gasteiger charge is 2.03. The molecule has 1 rings (SSSR count). The molecule has 0 atom stereocenters. The van der Waals surface area contributed by atoms with Gasteiger partial charge in [-0.05, 0) is 18.1 Å². The third kappa shape index (κ3) is 8.35. The van der Waals surface area contributed by atoms with Crippen LogP contribution in [0.5, 0.6) is 5.75 Å². The van der Waals surface area contributed by atoms with E-state index in [4.69, 9.17) is 10.5 Å². The largest absolute Gasteiger partial charge is 0.492 e. The predicted octanol–water partition coefficient (Wildman–Crippen LogP) is 0.997. The highest BCUT2D eigenvalue weighted by atomic mass is 32.2. The first kappa shape index (κ1) is 18.1. The van der Waals surface area contributed by atoms with E-state index >= 15 is 0 Å². The van der Waals surface area contributed by atoms with Gasteiger partial charge in [0.2, 0.25) is 10.0 Å². The molecule has 8 heteroatoms. The minimum atomic E-state index is -3.29. The molecule has 0 aliphatic heterocycles. The summed E-state index contributed by atoms with van der Waals surface area (Å²) in [7, 11) is -3.29. The van der Waals surface area contributed by atoms with Crippen molar-refractivity contribution >= 4 is 21.7 Å². The summed E-state index contributed by atoms with van der Waals surface area (Å²) >= 11 is 0. The Bertz CT molecular complexity index is 600. The van der Waals surface area contributed by atoms with Gasteiger partial charge in [0.15, 0.2) is 5.96 Å². The molecule has 124 valence electrons. The van der Waals surface area contributed by atoms with E-state index < -0.39 is 10.0 Å². The topological polar surface area (TPSA) is 106 Å². The van der Waals surface area contributed by atoms with Crippen LogP contribution in [0.1, 0.15) is 13.8 Å². The summed E-state index contributed by atoms with van der Waals surface area (Å²) in [6, 6.07) is 6.75. The van der Waals surface area contributed by atoms with Crippen molar-refractivity contribution in [2.24, 2.45) is 16.6 Å². The normalized spacial score (nSPS) is 12.3. The van der Waals surface area contributed by atoms with Gasteiger partial charge >= 0.3 is 0 Å². The number of anilines is 1. The van der Waals surface area contributed by atoms with Crippen molar-refractivity contribution in [3.63, 3.8) is 0 Å². The number of benzene rings is 1. The van der Waals surface area contributed by atoms with Gasteiger partial charge in [-0.15, -0.1) is 0 Å². The van der Waals surface area contributed by atoms with Crippen molar-refractivity contribution in [1.29, 1.82) is 0 Å². The van der Waals surface area contributed by atoms with Crippen molar-refractivity contribution in [1.82, 2.24) is 5.32 Å². The van der Waals surface area contributed by atoms with Crippen LogP contribution in [0, 0.1) is 5.92 Å². The molecule has 0 aliphatic rings. The summed E-state index contributed by atoms with van der Waals surface area (Å²) in [6.45, 7) is 5.71. The minimum Gasteiger partial charge on any atom is -0.492 e. The maximum absolute atomic E-state index is 11.2. The fourth-order valence-corrected chi connectivity index (χ4v) is 2.10. The van der Waals surface area contributed by atoms with E-state index in [2.05, 4.69) is 28.9 Å². The van der Waals surface area contributed by atoms with Crippen LogP contribution in [0.25, 0.3) is 0 Å². The minimum absolute atomic E-state index is 0.389. The van der Waals surface area contributed by atoms with Crippen LogP contribution in [0.2, 0.25) is 0 Å². The first-order chi connectivity index (χ1) is 10.3. The lowest BCUT2D eigenvalue weighted by molar-refractivity contribution is 0.322. The van der Waals surface area contributed by atoms with E-state index in [0.717, 1.165) is 6.26 Å². The van der Waals surface area contributed by atoms with Crippen LogP contribution < -0.4 is 20.5 Å². The number of guanidine groups is 1. The molecule has 0 saturated heterocycles. The number of aliphatic imine (C=N–C) groups is 1. The summed E-state index contributed by atoms with van der Waals surface area (Å²) in [5, 5.41) is 2.95. The molecule has 0 bridgehead atoms. The molecule has 7 nitrogen and oxygen atoms in total. The highest BCUT2D eigenvalue weighted by molar-refractivity contribution is 7.92.